The molecule has 0 amide bonds. The molecule has 3 rings (SSSR count). The lowest BCUT2D eigenvalue weighted by molar-refractivity contribution is 0.148. The molecule has 2 atom stereocenters. The summed E-state index contributed by atoms with van der Waals surface area (Å²) >= 11 is 0. The summed E-state index contributed by atoms with van der Waals surface area (Å²) in [7, 11) is 0. The molecule has 2 N–H and O–H groups in total. The lowest BCUT2D eigenvalue weighted by Crippen LogP contribution is -2.42. The largest absolute Gasteiger partial charge is 0.307 e. The van der Waals surface area contributed by atoms with Crippen LogP contribution in [0.3, 0.4) is 0 Å². The van der Waals surface area contributed by atoms with E-state index in [9.17, 15) is 0 Å². The molecular formula is C14H25N5. The fourth-order valence-electron chi connectivity index (χ4n) is 4.02. The van der Waals surface area contributed by atoms with Gasteiger partial charge in [-0.05, 0) is 24.7 Å². The number of nitrogens with zero attached hydrogens (tertiary/aromatic N) is 3. The second-order valence-electron chi connectivity index (χ2n) is 6.16. The molecule has 2 aliphatic rings. The second kappa shape index (κ2) is 6.46. The summed E-state index contributed by atoms with van der Waals surface area (Å²) in [5.41, 5.74) is 0. The topological polar surface area (TPSA) is 66.5 Å². The Bertz CT molecular complexity index is 358. The van der Waals surface area contributed by atoms with Crippen LogP contribution in [0, 0.1) is 11.8 Å². The van der Waals surface area contributed by atoms with Crippen molar-refractivity contribution in [2.45, 2.75) is 70.4 Å². The molecule has 0 aromatic carbocycles. The second-order valence-corrected chi connectivity index (χ2v) is 6.16. The van der Waals surface area contributed by atoms with Gasteiger partial charge in [0.2, 0.25) is 0 Å². The number of aromatic amines is 1. The highest BCUT2D eigenvalue weighted by molar-refractivity contribution is 4.88. The molecule has 0 radical (unpaired) electrons. The molecule has 0 spiro atoms. The minimum Gasteiger partial charge on any atom is -0.307 e. The van der Waals surface area contributed by atoms with Crippen molar-refractivity contribution < 1.29 is 0 Å². The minimum atomic E-state index is 0.662. The van der Waals surface area contributed by atoms with Crippen LogP contribution in [0.5, 0.6) is 0 Å². The van der Waals surface area contributed by atoms with Gasteiger partial charge in [0, 0.05) is 6.04 Å². The zero-order chi connectivity index (χ0) is 12.9. The Kier molecular flexibility index (Phi) is 4.43. The molecule has 0 aliphatic heterocycles. The van der Waals surface area contributed by atoms with Crippen LogP contribution >= 0.6 is 0 Å². The zero-order valence-corrected chi connectivity index (χ0v) is 11.6. The summed E-state index contributed by atoms with van der Waals surface area (Å²) in [4.78, 5) is 0. The predicted molar refractivity (Wildman–Crippen MR) is 73.3 cm³/mol. The fraction of sp³-hybridized carbons (Fsp3) is 0.929. The Labute approximate surface area is 114 Å². The van der Waals surface area contributed by atoms with E-state index in [0.717, 1.165) is 24.2 Å². The van der Waals surface area contributed by atoms with Crippen LogP contribution in [0.4, 0.5) is 0 Å². The molecule has 5 heteroatoms. The van der Waals surface area contributed by atoms with Gasteiger partial charge in [0.1, 0.15) is 0 Å². The van der Waals surface area contributed by atoms with Crippen LogP contribution in [-0.2, 0) is 6.54 Å². The maximum absolute atomic E-state index is 4.03. The molecule has 1 heterocycles. The SMILES string of the molecule is C1CCC(C2CCCCC2NCc2nn[nH]n2)CC1. The monoisotopic (exact) mass is 263 g/mol. The van der Waals surface area contributed by atoms with Crippen LogP contribution in [-0.4, -0.2) is 26.7 Å². The molecule has 5 nitrogen and oxygen atoms in total. The van der Waals surface area contributed by atoms with Crippen molar-refractivity contribution in [2.75, 3.05) is 0 Å². The summed E-state index contributed by atoms with van der Waals surface area (Å²) < 4.78 is 0. The number of aromatic nitrogens is 4. The minimum absolute atomic E-state index is 0.662. The third-order valence-electron chi connectivity index (χ3n) is 4.99. The number of H-pyrrole nitrogens is 1. The smallest absolute Gasteiger partial charge is 0.188 e. The van der Waals surface area contributed by atoms with E-state index in [1.165, 1.54) is 57.8 Å². The van der Waals surface area contributed by atoms with Gasteiger partial charge >= 0.3 is 0 Å². The first-order valence-electron chi connectivity index (χ1n) is 7.89. The molecule has 2 unspecified atom stereocenters. The Hall–Kier alpha value is -0.970. The Morgan fingerprint density at radius 2 is 1.79 bits per heavy atom. The van der Waals surface area contributed by atoms with Gasteiger partial charge in [0.05, 0.1) is 6.54 Å². The van der Waals surface area contributed by atoms with Gasteiger partial charge in [-0.15, -0.1) is 10.2 Å². The quantitative estimate of drug-likeness (QED) is 0.875. The van der Waals surface area contributed by atoms with Gasteiger partial charge < -0.3 is 5.32 Å². The number of hydrogen-bond acceptors (Lipinski definition) is 4. The van der Waals surface area contributed by atoms with Crippen LogP contribution in [0.1, 0.15) is 63.6 Å². The molecule has 106 valence electrons. The Balaban J connectivity index is 1.56. The van der Waals surface area contributed by atoms with E-state index >= 15 is 0 Å². The predicted octanol–water partition coefficient (Wildman–Crippen LogP) is 2.43. The molecule has 2 aliphatic carbocycles. The Morgan fingerprint density at radius 1 is 1.00 bits per heavy atom. The van der Waals surface area contributed by atoms with Gasteiger partial charge in [-0.3, -0.25) is 0 Å². The molecule has 2 fully saturated rings. The lowest BCUT2D eigenvalue weighted by Gasteiger charge is -2.39. The van der Waals surface area contributed by atoms with Crippen molar-refractivity contribution in [3.8, 4) is 0 Å². The van der Waals surface area contributed by atoms with Crippen molar-refractivity contribution in [1.82, 2.24) is 25.9 Å². The normalized spacial score (nSPS) is 29.5. The van der Waals surface area contributed by atoms with Crippen molar-refractivity contribution in [2.24, 2.45) is 11.8 Å². The highest BCUT2D eigenvalue weighted by Gasteiger charge is 2.32. The van der Waals surface area contributed by atoms with Gasteiger partial charge in [0.15, 0.2) is 5.82 Å². The average Bonchev–Trinajstić information content (AvgIpc) is 3.00. The zero-order valence-electron chi connectivity index (χ0n) is 11.6. The number of tetrazole rings is 1. The van der Waals surface area contributed by atoms with E-state index < -0.39 is 0 Å². The Morgan fingerprint density at radius 3 is 2.58 bits per heavy atom. The molecule has 2 saturated carbocycles. The molecule has 0 bridgehead atoms. The summed E-state index contributed by atoms with van der Waals surface area (Å²) in [6, 6.07) is 0.662. The van der Waals surface area contributed by atoms with Crippen molar-refractivity contribution in [1.29, 1.82) is 0 Å². The average molecular weight is 263 g/mol. The van der Waals surface area contributed by atoms with Crippen molar-refractivity contribution in [3.05, 3.63) is 5.82 Å². The van der Waals surface area contributed by atoms with E-state index in [0.29, 0.717) is 6.04 Å². The molecule has 19 heavy (non-hydrogen) atoms. The lowest BCUT2D eigenvalue weighted by atomic mass is 9.71. The van der Waals surface area contributed by atoms with Crippen LogP contribution in [0.15, 0.2) is 0 Å². The van der Waals surface area contributed by atoms with E-state index in [4.69, 9.17) is 0 Å². The van der Waals surface area contributed by atoms with Crippen LogP contribution in [0.25, 0.3) is 0 Å². The third kappa shape index (κ3) is 3.32. The highest BCUT2D eigenvalue weighted by atomic mass is 15.5. The van der Waals surface area contributed by atoms with Gasteiger partial charge in [0.25, 0.3) is 0 Å². The van der Waals surface area contributed by atoms with Crippen molar-refractivity contribution in [3.63, 3.8) is 0 Å². The van der Waals surface area contributed by atoms with E-state index in [1.807, 2.05) is 0 Å². The van der Waals surface area contributed by atoms with E-state index in [1.54, 1.807) is 0 Å². The maximum Gasteiger partial charge on any atom is 0.188 e. The first kappa shape index (κ1) is 13.0. The molecular weight excluding hydrogens is 238 g/mol. The summed E-state index contributed by atoms with van der Waals surface area (Å²) in [5, 5.41) is 17.9. The van der Waals surface area contributed by atoms with E-state index in [-0.39, 0.29) is 0 Å². The first-order valence-corrected chi connectivity index (χ1v) is 7.89. The summed E-state index contributed by atoms with van der Waals surface area (Å²) in [5.74, 6) is 2.62. The number of rotatable bonds is 4. The maximum atomic E-state index is 4.03. The molecule has 0 saturated heterocycles. The fourth-order valence-corrected chi connectivity index (χ4v) is 4.02. The number of hydrogen-bond donors (Lipinski definition) is 2. The van der Waals surface area contributed by atoms with Crippen LogP contribution in [0.2, 0.25) is 0 Å². The highest BCUT2D eigenvalue weighted by Crippen LogP contribution is 2.38. The van der Waals surface area contributed by atoms with Gasteiger partial charge in [-0.1, -0.05) is 50.2 Å². The third-order valence-corrected chi connectivity index (χ3v) is 4.99. The van der Waals surface area contributed by atoms with Gasteiger partial charge in [-0.25, -0.2) is 0 Å². The molecule has 1 aromatic heterocycles. The van der Waals surface area contributed by atoms with Crippen molar-refractivity contribution >= 4 is 0 Å². The van der Waals surface area contributed by atoms with E-state index in [2.05, 4.69) is 25.9 Å². The summed E-state index contributed by atoms with van der Waals surface area (Å²) in [6.45, 7) is 0.754. The van der Waals surface area contributed by atoms with Crippen LogP contribution < -0.4 is 5.32 Å². The van der Waals surface area contributed by atoms with Gasteiger partial charge in [-0.2, -0.15) is 5.21 Å². The number of nitrogens with one attached hydrogen (secondary N) is 2. The first-order chi connectivity index (χ1) is 9.43. The summed E-state index contributed by atoms with van der Waals surface area (Å²) in [6.07, 6.45) is 12.8. The molecule has 1 aromatic rings. The standard InChI is InChI=1S/C14H25N5/c1-2-6-11(7-3-1)12-8-4-5-9-13(12)15-10-14-16-18-19-17-14/h11-13,15H,1-10H2,(H,16,17,18,19).